The van der Waals surface area contributed by atoms with E-state index in [9.17, 15) is 22.4 Å². The van der Waals surface area contributed by atoms with Gasteiger partial charge in [-0.15, -0.1) is 0 Å². The Balaban J connectivity index is 1.79. The molecule has 4 rings (SSSR count). The average molecular weight is 478 g/mol. The van der Waals surface area contributed by atoms with Gasteiger partial charge in [0, 0.05) is 18.1 Å². The summed E-state index contributed by atoms with van der Waals surface area (Å²) in [4.78, 5) is 34.2. The van der Waals surface area contributed by atoms with Gasteiger partial charge in [0.2, 0.25) is 10.0 Å². The van der Waals surface area contributed by atoms with Crippen molar-refractivity contribution in [1.82, 2.24) is 24.2 Å². The normalized spacial score (nSPS) is 12.0. The molecule has 0 unspecified atom stereocenters. The molecule has 9 nitrogen and oxygen atoms in total. The van der Waals surface area contributed by atoms with Crippen molar-refractivity contribution >= 4 is 32.7 Å². The molecule has 12 heteroatoms. The molecular weight excluding hydrogens is 461 g/mol. The van der Waals surface area contributed by atoms with Crippen LogP contribution in [0.25, 0.3) is 22.6 Å². The van der Waals surface area contributed by atoms with Crippen molar-refractivity contribution in [2.75, 3.05) is 6.54 Å². The number of sulfonamides is 1. The minimum atomic E-state index is -3.99. The minimum absolute atomic E-state index is 0.0144. The highest BCUT2D eigenvalue weighted by Gasteiger charge is 2.21. The average Bonchev–Trinajstić information content (AvgIpc) is 2.73. The smallest absolute Gasteiger partial charge is 0.321 e. The van der Waals surface area contributed by atoms with Crippen LogP contribution in [0.1, 0.15) is 12.5 Å². The van der Waals surface area contributed by atoms with Gasteiger partial charge in [-0.25, -0.2) is 27.3 Å². The Morgan fingerprint density at radius 2 is 1.97 bits per heavy atom. The number of fused-ring (bicyclic) bond motifs is 2. The molecule has 2 aromatic carbocycles. The molecule has 0 radical (unpaired) electrons. The second-order valence-corrected chi connectivity index (χ2v) is 9.12. The standard InChI is InChI=1S/C20H17ClFN5O4S/c1-2-11-8-16-15(10-14(11)21)24-17-18(25-20(29)26-19(17)28)27(16)7-6-23-32(30,31)13-5-3-4-12(22)9-13/h3-5,8-10,23H,2,6-7H2,1H3,(H,26,28,29). The molecule has 0 atom stereocenters. The lowest BCUT2D eigenvalue weighted by Gasteiger charge is -2.18. The lowest BCUT2D eigenvalue weighted by atomic mass is 10.1. The number of aromatic nitrogens is 4. The minimum Gasteiger partial charge on any atom is -0.321 e. The summed E-state index contributed by atoms with van der Waals surface area (Å²) in [6, 6.07) is 7.99. The van der Waals surface area contributed by atoms with Gasteiger partial charge in [-0.1, -0.05) is 24.6 Å². The third kappa shape index (κ3) is 4.14. The van der Waals surface area contributed by atoms with E-state index in [2.05, 4.69) is 19.7 Å². The number of benzene rings is 2. The van der Waals surface area contributed by atoms with Crippen LogP contribution in [0.2, 0.25) is 5.02 Å². The van der Waals surface area contributed by atoms with Crippen molar-refractivity contribution < 1.29 is 12.8 Å². The summed E-state index contributed by atoms with van der Waals surface area (Å²) in [6.45, 7) is 1.81. The summed E-state index contributed by atoms with van der Waals surface area (Å²) in [5, 5.41) is 0.468. The van der Waals surface area contributed by atoms with E-state index in [4.69, 9.17) is 11.6 Å². The zero-order valence-corrected chi connectivity index (χ0v) is 18.3. The molecule has 0 bridgehead atoms. The Kier molecular flexibility index (Phi) is 5.80. The Hall–Kier alpha value is -3.15. The predicted octanol–water partition coefficient (Wildman–Crippen LogP) is 1.92. The Morgan fingerprint density at radius 3 is 2.69 bits per heavy atom. The van der Waals surface area contributed by atoms with Crippen LogP contribution in [0.15, 0.2) is 50.9 Å². The fourth-order valence-electron chi connectivity index (χ4n) is 3.37. The maximum atomic E-state index is 13.4. The zero-order valence-electron chi connectivity index (χ0n) is 16.7. The molecule has 0 spiro atoms. The van der Waals surface area contributed by atoms with Gasteiger partial charge in [0.15, 0.2) is 11.5 Å². The summed E-state index contributed by atoms with van der Waals surface area (Å²) in [5.41, 5.74) is 0.0842. The Labute approximate surface area is 186 Å². The lowest BCUT2D eigenvalue weighted by Crippen LogP contribution is -2.32. The van der Waals surface area contributed by atoms with Crippen molar-refractivity contribution in [3.8, 4) is 11.5 Å². The third-order valence-electron chi connectivity index (χ3n) is 4.89. The van der Waals surface area contributed by atoms with Crippen LogP contribution in [-0.2, 0) is 23.0 Å². The van der Waals surface area contributed by atoms with Gasteiger partial charge < -0.3 is 4.57 Å². The first kappa shape index (κ1) is 22.1. The summed E-state index contributed by atoms with van der Waals surface area (Å²) >= 11 is 6.29. The van der Waals surface area contributed by atoms with Crippen LogP contribution >= 0.6 is 11.6 Å². The topological polar surface area (TPSA) is 127 Å². The molecule has 0 fully saturated rings. The van der Waals surface area contributed by atoms with Crippen LogP contribution < -0.4 is 16.0 Å². The molecular formula is C20H17ClFN5O4S. The van der Waals surface area contributed by atoms with E-state index in [1.165, 1.54) is 16.7 Å². The Morgan fingerprint density at radius 1 is 1.19 bits per heavy atom. The molecule has 2 heterocycles. The van der Waals surface area contributed by atoms with Crippen molar-refractivity contribution in [1.29, 1.82) is 0 Å². The van der Waals surface area contributed by atoms with E-state index in [-0.39, 0.29) is 29.5 Å². The molecule has 0 aromatic heterocycles. The first-order valence-corrected chi connectivity index (χ1v) is 11.4. The van der Waals surface area contributed by atoms with Crippen LogP contribution in [0.4, 0.5) is 4.39 Å². The molecule has 166 valence electrons. The number of halogens is 2. The van der Waals surface area contributed by atoms with Gasteiger partial charge in [-0.3, -0.25) is 9.78 Å². The number of aromatic amines is 1. The molecule has 2 aliphatic rings. The van der Waals surface area contributed by atoms with Crippen molar-refractivity contribution in [3.05, 3.63) is 73.6 Å². The number of hydrogen-bond acceptors (Lipinski definition) is 6. The summed E-state index contributed by atoms with van der Waals surface area (Å²) in [5.74, 6) is -0.663. The largest absolute Gasteiger partial charge is 0.349 e. The molecule has 2 N–H and O–H groups in total. The van der Waals surface area contributed by atoms with Crippen LogP contribution in [0, 0.1) is 5.82 Å². The summed E-state index contributed by atoms with van der Waals surface area (Å²) in [7, 11) is -3.99. The second-order valence-electron chi connectivity index (χ2n) is 6.95. The van der Waals surface area contributed by atoms with Gasteiger partial charge >= 0.3 is 5.69 Å². The summed E-state index contributed by atoms with van der Waals surface area (Å²) in [6.07, 6.45) is 0.620. The first-order chi connectivity index (χ1) is 15.2. The Bertz CT molecular complexity index is 1530. The van der Waals surface area contributed by atoms with Crippen LogP contribution in [0.3, 0.4) is 0 Å². The predicted molar refractivity (Wildman–Crippen MR) is 117 cm³/mol. The molecule has 2 aliphatic heterocycles. The van der Waals surface area contributed by atoms with E-state index >= 15 is 0 Å². The third-order valence-corrected chi connectivity index (χ3v) is 6.70. The molecule has 0 saturated heterocycles. The number of aryl methyl sites for hydroxylation is 1. The highest BCUT2D eigenvalue weighted by Crippen LogP contribution is 2.27. The maximum Gasteiger partial charge on any atom is 0.349 e. The monoisotopic (exact) mass is 477 g/mol. The highest BCUT2D eigenvalue weighted by atomic mass is 35.5. The van der Waals surface area contributed by atoms with Crippen LogP contribution in [-0.4, -0.2) is 34.5 Å². The quantitative estimate of drug-likeness (QED) is 0.408. The van der Waals surface area contributed by atoms with Gasteiger partial charge in [0.05, 0.1) is 15.9 Å². The molecule has 0 saturated carbocycles. The molecule has 32 heavy (non-hydrogen) atoms. The fraction of sp³-hybridized carbons (Fsp3) is 0.200. The van der Waals surface area contributed by atoms with Crippen molar-refractivity contribution in [2.45, 2.75) is 24.8 Å². The number of nitrogens with zero attached hydrogens (tertiary/aromatic N) is 3. The number of hydrogen-bond donors (Lipinski definition) is 2. The summed E-state index contributed by atoms with van der Waals surface area (Å²) < 4.78 is 42.4. The van der Waals surface area contributed by atoms with Gasteiger partial charge in [0.25, 0.3) is 5.56 Å². The van der Waals surface area contributed by atoms with Gasteiger partial charge in [-0.05, 0) is 42.3 Å². The van der Waals surface area contributed by atoms with E-state index in [0.29, 0.717) is 22.5 Å². The number of nitrogens with one attached hydrogen (secondary N) is 2. The number of H-pyrrole nitrogens is 1. The van der Waals surface area contributed by atoms with Crippen molar-refractivity contribution in [2.24, 2.45) is 0 Å². The van der Waals surface area contributed by atoms with Crippen LogP contribution in [0.5, 0.6) is 0 Å². The van der Waals surface area contributed by atoms with E-state index in [0.717, 1.165) is 17.7 Å². The maximum absolute atomic E-state index is 13.4. The first-order valence-electron chi connectivity index (χ1n) is 9.58. The van der Waals surface area contributed by atoms with E-state index in [1.54, 1.807) is 12.1 Å². The van der Waals surface area contributed by atoms with Gasteiger partial charge in [0.1, 0.15) is 5.82 Å². The lowest BCUT2D eigenvalue weighted by molar-refractivity contribution is 0.570. The fourth-order valence-corrected chi connectivity index (χ4v) is 4.71. The molecule has 2 aromatic rings. The zero-order chi connectivity index (χ0) is 23.0. The SMILES string of the molecule is CCc1cc2c(cc1Cl)nc1c(=O)[nH]c(=O)nc-1n2CCNS(=O)(=O)c1cccc(F)c1. The van der Waals surface area contributed by atoms with Crippen molar-refractivity contribution in [3.63, 3.8) is 0 Å². The van der Waals surface area contributed by atoms with Gasteiger partial charge in [-0.2, -0.15) is 4.98 Å². The molecule has 0 amide bonds. The molecule has 0 aliphatic carbocycles. The second kappa shape index (κ2) is 8.41. The highest BCUT2D eigenvalue weighted by molar-refractivity contribution is 7.89. The van der Waals surface area contributed by atoms with E-state index in [1.807, 2.05) is 6.92 Å². The van der Waals surface area contributed by atoms with E-state index < -0.39 is 27.1 Å². The number of rotatable bonds is 6.